The molecule has 4 N–H and O–H groups in total. The Labute approximate surface area is 83.5 Å². The van der Waals surface area contributed by atoms with E-state index in [-0.39, 0.29) is 0 Å². The van der Waals surface area contributed by atoms with Crippen LogP contribution in [-0.2, 0) is 4.79 Å². The van der Waals surface area contributed by atoms with Crippen LogP contribution in [-0.4, -0.2) is 52.3 Å². The average Bonchev–Trinajstić information content (AvgIpc) is 2.10. The molecule has 0 saturated heterocycles. The molecule has 0 spiro atoms. The quantitative estimate of drug-likeness (QED) is 0.487. The molecule has 15 heavy (non-hydrogen) atoms. The van der Waals surface area contributed by atoms with Crippen molar-refractivity contribution in [2.75, 3.05) is 6.61 Å². The fourth-order valence-corrected chi connectivity index (χ4v) is 0.825. The standard InChI is InChI=1S/C7H12F3NO4/c1-3(13)5(14)4(2-12)11-6(15)7(8,9)10/h3-5,12-14H,2H2,1H3,(H,11,15)/t3?,4?,5-/m1/s1. The third-order valence-electron chi connectivity index (χ3n) is 1.68. The highest BCUT2D eigenvalue weighted by atomic mass is 19.4. The zero-order valence-corrected chi connectivity index (χ0v) is 7.82. The van der Waals surface area contributed by atoms with Crippen LogP contribution in [0.2, 0.25) is 0 Å². The molecule has 0 heterocycles. The molecule has 1 amide bonds. The normalized spacial score (nSPS) is 18.1. The summed E-state index contributed by atoms with van der Waals surface area (Å²) >= 11 is 0. The summed E-state index contributed by atoms with van der Waals surface area (Å²) in [7, 11) is 0. The van der Waals surface area contributed by atoms with Crippen molar-refractivity contribution in [2.45, 2.75) is 31.3 Å². The van der Waals surface area contributed by atoms with Gasteiger partial charge in [-0.15, -0.1) is 0 Å². The van der Waals surface area contributed by atoms with Crippen molar-refractivity contribution in [2.24, 2.45) is 0 Å². The summed E-state index contributed by atoms with van der Waals surface area (Å²) in [6, 6.07) is -1.56. The first-order chi connectivity index (χ1) is 6.70. The maximum atomic E-state index is 11.8. The Kier molecular flexibility index (Phi) is 4.98. The second-order valence-corrected chi connectivity index (χ2v) is 2.99. The zero-order valence-electron chi connectivity index (χ0n) is 7.82. The summed E-state index contributed by atoms with van der Waals surface area (Å²) < 4.78 is 35.3. The van der Waals surface area contributed by atoms with E-state index in [4.69, 9.17) is 15.3 Å². The number of aliphatic hydroxyl groups excluding tert-OH is 3. The molecule has 0 bridgehead atoms. The molecular formula is C7H12F3NO4. The molecule has 5 nitrogen and oxygen atoms in total. The number of rotatable bonds is 4. The van der Waals surface area contributed by atoms with E-state index < -0.39 is 36.9 Å². The predicted molar refractivity (Wildman–Crippen MR) is 42.8 cm³/mol. The molecule has 3 atom stereocenters. The van der Waals surface area contributed by atoms with Gasteiger partial charge >= 0.3 is 12.1 Å². The summed E-state index contributed by atoms with van der Waals surface area (Å²) in [5.41, 5.74) is 0. The maximum absolute atomic E-state index is 11.8. The SMILES string of the molecule is CC(O)[C@@H](O)C(CO)NC(=O)C(F)(F)F. The van der Waals surface area contributed by atoms with Gasteiger partial charge in [-0.1, -0.05) is 0 Å². The van der Waals surface area contributed by atoms with Crippen LogP contribution in [0.1, 0.15) is 6.92 Å². The van der Waals surface area contributed by atoms with E-state index in [1.807, 2.05) is 0 Å². The first-order valence-electron chi connectivity index (χ1n) is 4.04. The number of amides is 1. The Morgan fingerprint density at radius 1 is 1.40 bits per heavy atom. The third kappa shape index (κ3) is 4.45. The largest absolute Gasteiger partial charge is 0.471 e. The van der Waals surface area contributed by atoms with Gasteiger partial charge in [-0.2, -0.15) is 13.2 Å². The van der Waals surface area contributed by atoms with Gasteiger partial charge in [0.25, 0.3) is 0 Å². The Balaban J connectivity index is 4.41. The van der Waals surface area contributed by atoms with Crippen molar-refractivity contribution in [3.63, 3.8) is 0 Å². The number of carbonyl (C=O) groups excluding carboxylic acids is 1. The van der Waals surface area contributed by atoms with Crippen molar-refractivity contribution in [1.82, 2.24) is 5.32 Å². The van der Waals surface area contributed by atoms with E-state index in [9.17, 15) is 18.0 Å². The molecular weight excluding hydrogens is 219 g/mol. The number of hydrogen-bond donors (Lipinski definition) is 4. The van der Waals surface area contributed by atoms with E-state index in [1.165, 1.54) is 5.32 Å². The Hall–Kier alpha value is -0.860. The summed E-state index contributed by atoms with van der Waals surface area (Å²) in [6.07, 6.45) is -8.12. The molecule has 0 aliphatic heterocycles. The van der Waals surface area contributed by atoms with E-state index in [0.29, 0.717) is 0 Å². The molecule has 0 aromatic carbocycles. The van der Waals surface area contributed by atoms with Crippen LogP contribution < -0.4 is 5.32 Å². The summed E-state index contributed by atoms with van der Waals surface area (Å²) in [5, 5.41) is 27.9. The van der Waals surface area contributed by atoms with Gasteiger partial charge in [-0.3, -0.25) is 4.79 Å². The van der Waals surface area contributed by atoms with E-state index in [1.54, 1.807) is 0 Å². The first kappa shape index (κ1) is 14.1. The Bertz CT molecular complexity index is 219. The third-order valence-corrected chi connectivity index (χ3v) is 1.68. The first-order valence-corrected chi connectivity index (χ1v) is 4.04. The van der Waals surface area contributed by atoms with E-state index in [0.717, 1.165) is 6.92 Å². The van der Waals surface area contributed by atoms with Crippen LogP contribution in [0.3, 0.4) is 0 Å². The molecule has 0 radical (unpaired) electrons. The lowest BCUT2D eigenvalue weighted by Gasteiger charge is -2.24. The van der Waals surface area contributed by atoms with Gasteiger partial charge in [0, 0.05) is 0 Å². The van der Waals surface area contributed by atoms with Crippen molar-refractivity contribution < 1.29 is 33.3 Å². The topological polar surface area (TPSA) is 89.8 Å². The lowest BCUT2D eigenvalue weighted by molar-refractivity contribution is -0.176. The van der Waals surface area contributed by atoms with Gasteiger partial charge in [0.1, 0.15) is 6.10 Å². The highest BCUT2D eigenvalue weighted by molar-refractivity contribution is 5.82. The fourth-order valence-electron chi connectivity index (χ4n) is 0.825. The van der Waals surface area contributed by atoms with Crippen LogP contribution in [0.15, 0.2) is 0 Å². The van der Waals surface area contributed by atoms with Crippen LogP contribution in [0.5, 0.6) is 0 Å². The van der Waals surface area contributed by atoms with Crippen LogP contribution in [0, 0.1) is 0 Å². The summed E-state index contributed by atoms with van der Waals surface area (Å²) in [4.78, 5) is 10.4. The van der Waals surface area contributed by atoms with Crippen molar-refractivity contribution in [1.29, 1.82) is 0 Å². The van der Waals surface area contributed by atoms with Crippen LogP contribution >= 0.6 is 0 Å². The monoisotopic (exact) mass is 231 g/mol. The minimum absolute atomic E-state index is 0.909. The lowest BCUT2D eigenvalue weighted by atomic mass is 10.1. The predicted octanol–water partition coefficient (Wildman–Crippen LogP) is -1.23. The number of halogens is 3. The molecule has 0 fully saturated rings. The average molecular weight is 231 g/mol. The second-order valence-electron chi connectivity index (χ2n) is 2.99. The van der Waals surface area contributed by atoms with Crippen molar-refractivity contribution in [3.05, 3.63) is 0 Å². The Morgan fingerprint density at radius 2 is 1.87 bits per heavy atom. The van der Waals surface area contributed by atoms with Gasteiger partial charge in [0.2, 0.25) is 0 Å². The van der Waals surface area contributed by atoms with Crippen molar-refractivity contribution in [3.8, 4) is 0 Å². The highest BCUT2D eigenvalue weighted by Gasteiger charge is 2.41. The number of carbonyl (C=O) groups is 1. The minimum atomic E-state index is -5.09. The van der Waals surface area contributed by atoms with Gasteiger partial charge in [-0.25, -0.2) is 0 Å². The van der Waals surface area contributed by atoms with Gasteiger partial charge < -0.3 is 20.6 Å². The zero-order chi connectivity index (χ0) is 12.2. The summed E-state index contributed by atoms with van der Waals surface area (Å²) in [6.45, 7) is 0.209. The Morgan fingerprint density at radius 3 is 2.13 bits per heavy atom. The second kappa shape index (κ2) is 5.29. The van der Waals surface area contributed by atoms with Gasteiger partial charge in [-0.05, 0) is 6.92 Å². The lowest BCUT2D eigenvalue weighted by Crippen LogP contribution is -2.53. The van der Waals surface area contributed by atoms with Crippen molar-refractivity contribution >= 4 is 5.91 Å². The van der Waals surface area contributed by atoms with Gasteiger partial charge in [0.15, 0.2) is 0 Å². The van der Waals surface area contributed by atoms with Crippen LogP contribution in [0.25, 0.3) is 0 Å². The minimum Gasteiger partial charge on any atom is -0.394 e. The smallest absolute Gasteiger partial charge is 0.394 e. The van der Waals surface area contributed by atoms with E-state index in [2.05, 4.69) is 0 Å². The molecule has 90 valence electrons. The highest BCUT2D eigenvalue weighted by Crippen LogP contribution is 2.15. The molecule has 8 heteroatoms. The number of hydrogen-bond acceptors (Lipinski definition) is 4. The van der Waals surface area contributed by atoms with Gasteiger partial charge in [0.05, 0.1) is 18.8 Å². The number of aliphatic hydroxyl groups is 3. The summed E-state index contributed by atoms with van der Waals surface area (Å²) in [5.74, 6) is -2.28. The molecule has 0 saturated carbocycles. The van der Waals surface area contributed by atoms with E-state index >= 15 is 0 Å². The van der Waals surface area contributed by atoms with Crippen LogP contribution in [0.4, 0.5) is 13.2 Å². The molecule has 0 aromatic heterocycles. The maximum Gasteiger partial charge on any atom is 0.471 e. The fraction of sp³-hybridized carbons (Fsp3) is 0.857. The molecule has 0 aliphatic rings. The molecule has 2 unspecified atom stereocenters. The molecule has 0 aromatic rings. The number of alkyl halides is 3. The molecule has 0 aliphatic carbocycles. The number of nitrogens with one attached hydrogen (secondary N) is 1. The molecule has 0 rings (SSSR count).